The number of allylic oxidation sites excluding steroid dienone is 2. The van der Waals surface area contributed by atoms with Gasteiger partial charge in [-0.25, -0.2) is 0 Å². The molecule has 0 aliphatic carbocycles. The number of rotatable bonds is 5. The van der Waals surface area contributed by atoms with Crippen molar-refractivity contribution in [2.75, 3.05) is 11.0 Å². The average Bonchev–Trinajstić information content (AvgIpc) is 2.29. The van der Waals surface area contributed by atoms with Crippen LogP contribution >= 0.6 is 22.6 Å². The van der Waals surface area contributed by atoms with E-state index in [9.17, 15) is 5.11 Å². The average molecular weight is 328 g/mol. The Balaban J connectivity index is 2.96. The van der Waals surface area contributed by atoms with Crippen molar-refractivity contribution >= 4 is 28.4 Å². The van der Waals surface area contributed by atoms with Crippen LogP contribution in [0.2, 0.25) is 0 Å². The number of ether oxygens (including phenoxy) is 1. The molecule has 1 rings (SSSR count). The van der Waals surface area contributed by atoms with E-state index in [1.807, 2.05) is 6.07 Å². The first-order chi connectivity index (χ1) is 7.77. The summed E-state index contributed by atoms with van der Waals surface area (Å²) in [5.41, 5.74) is 3.51. The molecule has 0 heterocycles. The first-order valence-electron chi connectivity index (χ1n) is 4.82. The molecule has 1 aromatic carbocycles. The van der Waals surface area contributed by atoms with E-state index in [2.05, 4.69) is 34.9 Å². The molecule has 0 aliphatic rings. The summed E-state index contributed by atoms with van der Waals surface area (Å²) >= 11 is 2.24. The first-order valence-corrected chi connectivity index (χ1v) is 6.34. The molecule has 0 aromatic heterocycles. The minimum Gasteiger partial charge on any atom is -0.508 e. The maximum absolute atomic E-state index is 9.39. The maximum atomic E-state index is 9.39. The molecule has 2 nitrogen and oxygen atoms in total. The van der Waals surface area contributed by atoms with Crippen molar-refractivity contribution in [2.24, 2.45) is 0 Å². The van der Waals surface area contributed by atoms with Crippen molar-refractivity contribution < 1.29 is 9.84 Å². The molecule has 84 valence electrons. The van der Waals surface area contributed by atoms with Gasteiger partial charge in [0.1, 0.15) is 11.5 Å². The van der Waals surface area contributed by atoms with Gasteiger partial charge >= 0.3 is 0 Å². The number of aromatic hydroxyl groups is 1. The minimum atomic E-state index is 0.226. The van der Waals surface area contributed by atoms with Gasteiger partial charge in [-0.3, -0.25) is 0 Å². The Morgan fingerprint density at radius 2 is 2.38 bits per heavy atom. The fourth-order valence-corrected chi connectivity index (χ4v) is 1.39. The number of halogens is 1. The van der Waals surface area contributed by atoms with Crippen LogP contribution in [0.4, 0.5) is 0 Å². The Kier molecular flexibility index (Phi) is 5.75. The predicted molar refractivity (Wildman–Crippen MR) is 74.6 cm³/mol. The van der Waals surface area contributed by atoms with Gasteiger partial charge in [-0.2, -0.15) is 0 Å². The molecule has 0 aliphatic heterocycles. The van der Waals surface area contributed by atoms with Crippen molar-refractivity contribution in [2.45, 2.75) is 0 Å². The fourth-order valence-electron chi connectivity index (χ4n) is 1.17. The summed E-state index contributed by atoms with van der Waals surface area (Å²) in [6.07, 6.45) is 3.47. The highest BCUT2D eigenvalue weighted by Gasteiger charge is 2.02. The molecular weight excluding hydrogens is 315 g/mol. The molecule has 0 radical (unpaired) electrons. The normalized spacial score (nSPS) is 10.7. The van der Waals surface area contributed by atoms with E-state index in [0.717, 1.165) is 9.99 Å². The van der Waals surface area contributed by atoms with E-state index in [4.69, 9.17) is 4.74 Å². The Labute approximate surface area is 109 Å². The summed E-state index contributed by atoms with van der Waals surface area (Å²) in [5.74, 6) is 0.938. The standard InChI is InChI=1S/C13H13IO2/c1-2-3-7-13(16-9-8-14)11-5-4-6-12(15)10-11/h3-7,10,15H,1,8-9H2. The summed E-state index contributed by atoms with van der Waals surface area (Å²) in [5, 5.41) is 9.39. The fraction of sp³-hybridized carbons (Fsp3) is 0.154. The molecule has 1 aromatic rings. The van der Waals surface area contributed by atoms with Crippen molar-refractivity contribution in [1.29, 1.82) is 0 Å². The molecule has 0 amide bonds. The lowest BCUT2D eigenvalue weighted by Gasteiger charge is -2.09. The molecule has 16 heavy (non-hydrogen) atoms. The molecule has 0 atom stereocenters. The van der Waals surface area contributed by atoms with Crippen molar-refractivity contribution in [3.05, 3.63) is 54.3 Å². The Morgan fingerprint density at radius 3 is 3.00 bits per heavy atom. The predicted octanol–water partition coefficient (Wildman–Crippen LogP) is 3.53. The van der Waals surface area contributed by atoms with Crippen molar-refractivity contribution in [3.63, 3.8) is 0 Å². The van der Waals surface area contributed by atoms with Crippen LogP contribution in [0.25, 0.3) is 5.76 Å². The van der Waals surface area contributed by atoms with Gasteiger partial charge in [-0.15, -0.1) is 5.73 Å². The van der Waals surface area contributed by atoms with E-state index in [0.29, 0.717) is 12.4 Å². The highest BCUT2D eigenvalue weighted by atomic mass is 127. The second kappa shape index (κ2) is 7.14. The number of benzene rings is 1. The van der Waals surface area contributed by atoms with Gasteiger partial charge in [0.2, 0.25) is 0 Å². The number of alkyl halides is 1. The molecule has 0 saturated carbocycles. The SMILES string of the molecule is C=C=CC=C(OCCI)c1cccc(O)c1. The second-order valence-electron chi connectivity index (χ2n) is 2.99. The Hall–Kier alpha value is -1.19. The van der Waals surface area contributed by atoms with Crippen LogP contribution in [0, 0.1) is 0 Å². The lowest BCUT2D eigenvalue weighted by atomic mass is 10.1. The Morgan fingerprint density at radius 1 is 1.56 bits per heavy atom. The molecule has 0 bridgehead atoms. The van der Waals surface area contributed by atoms with Crippen LogP contribution in [0.5, 0.6) is 5.75 Å². The highest BCUT2D eigenvalue weighted by molar-refractivity contribution is 14.1. The molecule has 0 unspecified atom stereocenters. The number of phenolic OH excluding ortho intramolecular Hbond substituents is 1. The topological polar surface area (TPSA) is 29.5 Å². The van der Waals surface area contributed by atoms with Gasteiger partial charge in [0, 0.05) is 9.99 Å². The highest BCUT2D eigenvalue weighted by Crippen LogP contribution is 2.20. The summed E-state index contributed by atoms with van der Waals surface area (Å²) in [4.78, 5) is 0. The molecule has 0 saturated heterocycles. The Bertz CT molecular complexity index is 418. The third kappa shape index (κ3) is 4.13. The van der Waals surface area contributed by atoms with Crippen LogP contribution in [-0.4, -0.2) is 16.1 Å². The molecule has 3 heteroatoms. The van der Waals surface area contributed by atoms with Crippen LogP contribution in [-0.2, 0) is 4.74 Å². The van der Waals surface area contributed by atoms with Crippen LogP contribution in [0.15, 0.2) is 48.7 Å². The number of hydrogen-bond acceptors (Lipinski definition) is 2. The zero-order chi connectivity index (χ0) is 11.8. The largest absolute Gasteiger partial charge is 0.508 e. The summed E-state index contributed by atoms with van der Waals surface area (Å²) < 4.78 is 6.49. The van der Waals surface area contributed by atoms with Crippen molar-refractivity contribution in [3.8, 4) is 5.75 Å². The molecule has 0 spiro atoms. The first kappa shape index (κ1) is 12.9. The van der Waals surface area contributed by atoms with Gasteiger partial charge in [0.25, 0.3) is 0 Å². The van der Waals surface area contributed by atoms with Gasteiger partial charge in [-0.05, 0) is 24.3 Å². The van der Waals surface area contributed by atoms with E-state index in [1.165, 1.54) is 0 Å². The van der Waals surface area contributed by atoms with E-state index in [1.54, 1.807) is 30.4 Å². The minimum absolute atomic E-state index is 0.226. The van der Waals surface area contributed by atoms with Gasteiger partial charge < -0.3 is 9.84 Å². The zero-order valence-corrected chi connectivity index (χ0v) is 11.0. The van der Waals surface area contributed by atoms with Crippen LogP contribution in [0.3, 0.4) is 0 Å². The maximum Gasteiger partial charge on any atom is 0.127 e. The summed E-state index contributed by atoms with van der Waals surface area (Å²) in [7, 11) is 0. The third-order valence-electron chi connectivity index (χ3n) is 1.82. The number of hydrogen-bond donors (Lipinski definition) is 1. The molecular formula is C13H13IO2. The van der Waals surface area contributed by atoms with Crippen LogP contribution in [0.1, 0.15) is 5.56 Å². The summed E-state index contributed by atoms with van der Waals surface area (Å²) in [6.45, 7) is 4.12. The van der Waals surface area contributed by atoms with E-state index >= 15 is 0 Å². The number of phenols is 1. The summed E-state index contributed by atoms with van der Waals surface area (Å²) in [6, 6.07) is 6.96. The van der Waals surface area contributed by atoms with Gasteiger partial charge in [0.15, 0.2) is 0 Å². The van der Waals surface area contributed by atoms with Crippen LogP contribution < -0.4 is 0 Å². The molecule has 0 fully saturated rings. The van der Waals surface area contributed by atoms with E-state index in [-0.39, 0.29) is 5.75 Å². The van der Waals surface area contributed by atoms with Gasteiger partial charge in [0.05, 0.1) is 6.61 Å². The monoisotopic (exact) mass is 328 g/mol. The molecule has 1 N–H and O–H groups in total. The lowest BCUT2D eigenvalue weighted by molar-refractivity contribution is 0.304. The quantitative estimate of drug-likeness (QED) is 0.295. The van der Waals surface area contributed by atoms with Crippen molar-refractivity contribution in [1.82, 2.24) is 0 Å². The zero-order valence-electron chi connectivity index (χ0n) is 8.82. The lowest BCUT2D eigenvalue weighted by Crippen LogP contribution is -1.95. The van der Waals surface area contributed by atoms with E-state index < -0.39 is 0 Å². The third-order valence-corrected chi connectivity index (χ3v) is 2.26. The second-order valence-corrected chi connectivity index (χ2v) is 4.07. The van der Waals surface area contributed by atoms with Gasteiger partial charge in [-0.1, -0.05) is 41.3 Å². The smallest absolute Gasteiger partial charge is 0.127 e.